The fourth-order valence-electron chi connectivity index (χ4n) is 4.40. The van der Waals surface area contributed by atoms with Crippen LogP contribution in [0.15, 0.2) is 42.5 Å². The third-order valence-corrected chi connectivity index (χ3v) is 6.23. The maximum absolute atomic E-state index is 13.3. The summed E-state index contributed by atoms with van der Waals surface area (Å²) in [4.78, 5) is 40.8. The minimum Gasteiger partial charge on any atom is -0.390 e. The molecule has 1 saturated heterocycles. The van der Waals surface area contributed by atoms with E-state index in [9.17, 15) is 19.5 Å². The van der Waals surface area contributed by atoms with Crippen LogP contribution in [0.25, 0.3) is 10.8 Å². The van der Waals surface area contributed by atoms with Gasteiger partial charge in [0.15, 0.2) is 0 Å². The normalized spacial score (nSPS) is 17.7. The van der Waals surface area contributed by atoms with Crippen molar-refractivity contribution in [3.05, 3.63) is 48.0 Å². The predicted octanol–water partition coefficient (Wildman–Crippen LogP) is 1.73. The van der Waals surface area contributed by atoms with Gasteiger partial charge >= 0.3 is 0 Å². The van der Waals surface area contributed by atoms with Gasteiger partial charge in [-0.1, -0.05) is 63.2 Å². The smallest absolute Gasteiger partial charge is 0.243 e. The average molecular weight is 483 g/mol. The second-order valence-corrected chi connectivity index (χ2v) is 10.6. The number of fused-ring (bicyclic) bond motifs is 1. The summed E-state index contributed by atoms with van der Waals surface area (Å²) in [5.41, 5.74) is 6.17. The zero-order valence-electron chi connectivity index (χ0n) is 20.9. The highest BCUT2D eigenvalue weighted by molar-refractivity contribution is 5.93. The van der Waals surface area contributed by atoms with Crippen LogP contribution in [0.2, 0.25) is 0 Å². The third kappa shape index (κ3) is 7.50. The molecule has 0 spiro atoms. The summed E-state index contributed by atoms with van der Waals surface area (Å²) in [6.07, 6.45) is 1.09. The molecule has 3 amide bonds. The molecule has 0 bridgehead atoms. The molecule has 8 heteroatoms. The van der Waals surface area contributed by atoms with Crippen molar-refractivity contribution in [1.82, 2.24) is 15.5 Å². The van der Waals surface area contributed by atoms with Crippen LogP contribution in [0.5, 0.6) is 0 Å². The maximum atomic E-state index is 13.3. The molecule has 3 rings (SSSR count). The van der Waals surface area contributed by atoms with Crippen molar-refractivity contribution in [3.8, 4) is 0 Å². The van der Waals surface area contributed by atoms with Crippen LogP contribution in [0.3, 0.4) is 0 Å². The van der Waals surface area contributed by atoms with Crippen LogP contribution in [0.1, 0.15) is 45.6 Å². The Morgan fingerprint density at radius 2 is 1.86 bits per heavy atom. The predicted molar refractivity (Wildman–Crippen MR) is 136 cm³/mol. The van der Waals surface area contributed by atoms with Crippen molar-refractivity contribution in [3.63, 3.8) is 0 Å². The maximum Gasteiger partial charge on any atom is 0.243 e. The van der Waals surface area contributed by atoms with Gasteiger partial charge in [-0.2, -0.15) is 0 Å². The van der Waals surface area contributed by atoms with E-state index in [1.54, 1.807) is 4.90 Å². The van der Waals surface area contributed by atoms with Gasteiger partial charge in [0.05, 0.1) is 6.10 Å². The summed E-state index contributed by atoms with van der Waals surface area (Å²) >= 11 is 0. The number of rotatable bonds is 9. The number of amides is 3. The molecule has 0 saturated carbocycles. The highest BCUT2D eigenvalue weighted by Crippen LogP contribution is 2.25. The second-order valence-electron chi connectivity index (χ2n) is 10.6. The topological polar surface area (TPSA) is 125 Å². The third-order valence-electron chi connectivity index (χ3n) is 6.23. The van der Waals surface area contributed by atoms with Crippen LogP contribution < -0.4 is 16.4 Å². The quantitative estimate of drug-likeness (QED) is 0.433. The Labute approximate surface area is 207 Å². The van der Waals surface area contributed by atoms with E-state index in [4.69, 9.17) is 5.73 Å². The molecule has 8 nitrogen and oxygen atoms in total. The molecule has 5 N–H and O–H groups in total. The molecule has 190 valence electrons. The number of aliphatic hydroxyl groups excluding tert-OH is 1. The Kier molecular flexibility index (Phi) is 8.86. The molecule has 1 fully saturated rings. The summed E-state index contributed by atoms with van der Waals surface area (Å²) in [7, 11) is 0. The summed E-state index contributed by atoms with van der Waals surface area (Å²) in [6, 6.07) is 12.4. The monoisotopic (exact) mass is 482 g/mol. The van der Waals surface area contributed by atoms with E-state index >= 15 is 0 Å². The molecule has 0 radical (unpaired) electrons. The van der Waals surface area contributed by atoms with Crippen molar-refractivity contribution in [2.75, 3.05) is 19.6 Å². The zero-order valence-corrected chi connectivity index (χ0v) is 20.9. The molecule has 35 heavy (non-hydrogen) atoms. The molecule has 1 aliphatic rings. The lowest BCUT2D eigenvalue weighted by molar-refractivity contribution is -0.140. The molecular formula is C27H38N4O4. The highest BCUT2D eigenvalue weighted by Gasteiger charge is 2.36. The largest absolute Gasteiger partial charge is 0.390 e. The van der Waals surface area contributed by atoms with Gasteiger partial charge in [-0.15, -0.1) is 0 Å². The van der Waals surface area contributed by atoms with Gasteiger partial charge in [0.1, 0.15) is 12.1 Å². The van der Waals surface area contributed by atoms with Crippen LogP contribution in [-0.4, -0.2) is 65.5 Å². The van der Waals surface area contributed by atoms with Gasteiger partial charge in [-0.05, 0) is 34.6 Å². The zero-order chi connectivity index (χ0) is 25.6. The average Bonchev–Trinajstić information content (AvgIpc) is 3.31. The first-order valence-electron chi connectivity index (χ1n) is 12.3. The first-order valence-corrected chi connectivity index (χ1v) is 12.3. The van der Waals surface area contributed by atoms with Gasteiger partial charge < -0.3 is 26.4 Å². The Morgan fingerprint density at radius 1 is 1.14 bits per heavy atom. The minimum atomic E-state index is -0.865. The van der Waals surface area contributed by atoms with E-state index in [1.165, 1.54) is 0 Å². The molecule has 2 unspecified atom stereocenters. The second kappa shape index (κ2) is 11.6. The fraction of sp³-hybridized carbons (Fsp3) is 0.519. The summed E-state index contributed by atoms with van der Waals surface area (Å²) in [5, 5.41) is 17.5. The van der Waals surface area contributed by atoms with E-state index in [0.717, 1.165) is 22.8 Å². The van der Waals surface area contributed by atoms with Crippen LogP contribution >= 0.6 is 0 Å². The Morgan fingerprint density at radius 3 is 2.54 bits per heavy atom. The van der Waals surface area contributed by atoms with Gasteiger partial charge in [0, 0.05) is 32.5 Å². The molecule has 1 heterocycles. The number of nitrogens with zero attached hydrogens (tertiary/aromatic N) is 1. The highest BCUT2D eigenvalue weighted by atomic mass is 16.3. The molecule has 2 aromatic rings. The molecule has 0 aliphatic carbocycles. The first-order chi connectivity index (χ1) is 16.6. The fourth-order valence-corrected chi connectivity index (χ4v) is 4.40. The van der Waals surface area contributed by atoms with Crippen molar-refractivity contribution < 1.29 is 19.5 Å². The number of carbonyl (C=O) groups is 3. The van der Waals surface area contributed by atoms with Gasteiger partial charge in [0.2, 0.25) is 17.7 Å². The van der Waals surface area contributed by atoms with Crippen molar-refractivity contribution >= 4 is 28.5 Å². The van der Waals surface area contributed by atoms with Crippen LogP contribution in [0, 0.1) is 5.41 Å². The van der Waals surface area contributed by atoms with Gasteiger partial charge in [-0.3, -0.25) is 14.4 Å². The van der Waals surface area contributed by atoms with Crippen molar-refractivity contribution in [2.24, 2.45) is 11.1 Å². The SMILES string of the molecule is CC(C)(C)CC(=O)N1CCCC1C(=O)N[C@H](Cc1ccc2ccccc2c1)C(=O)NCC(O)CN. The Balaban J connectivity index is 1.76. The Bertz CT molecular complexity index is 1050. The van der Waals surface area contributed by atoms with Crippen molar-refractivity contribution in [2.45, 2.75) is 64.6 Å². The lowest BCUT2D eigenvalue weighted by Gasteiger charge is -2.29. The van der Waals surface area contributed by atoms with Crippen molar-refractivity contribution in [1.29, 1.82) is 0 Å². The standard InChI is InChI=1S/C27H38N4O4/c1-27(2,3)15-24(33)31-12-6-9-23(31)26(35)30-22(25(34)29-17-21(32)16-28)14-18-10-11-19-7-4-5-8-20(19)13-18/h4-5,7-8,10-11,13,21-23,32H,6,9,12,14-17,28H2,1-3H3,(H,29,34)(H,30,35)/t21?,22-,23?/m1/s1. The lowest BCUT2D eigenvalue weighted by Crippen LogP contribution is -2.54. The number of carbonyl (C=O) groups excluding carboxylic acids is 3. The Hall–Kier alpha value is -2.97. The first kappa shape index (κ1) is 26.6. The number of nitrogens with one attached hydrogen (secondary N) is 2. The molecule has 0 aromatic heterocycles. The number of nitrogens with two attached hydrogens (primary N) is 1. The van der Waals surface area contributed by atoms with Crippen LogP contribution in [-0.2, 0) is 20.8 Å². The number of likely N-dealkylation sites (tertiary alicyclic amines) is 1. The number of hydrogen-bond donors (Lipinski definition) is 4. The molecular weight excluding hydrogens is 444 g/mol. The molecule has 1 aliphatic heterocycles. The lowest BCUT2D eigenvalue weighted by atomic mass is 9.91. The molecule has 3 atom stereocenters. The van der Waals surface area contributed by atoms with E-state index in [-0.39, 0.29) is 36.7 Å². The summed E-state index contributed by atoms with van der Waals surface area (Å²) < 4.78 is 0. The van der Waals surface area contributed by atoms with Gasteiger partial charge in [-0.25, -0.2) is 0 Å². The van der Waals surface area contributed by atoms with Crippen LogP contribution in [0.4, 0.5) is 0 Å². The summed E-state index contributed by atoms with van der Waals surface area (Å²) in [5.74, 6) is -0.772. The van der Waals surface area contributed by atoms with Gasteiger partial charge in [0.25, 0.3) is 0 Å². The molecule has 2 aromatic carbocycles. The minimum absolute atomic E-state index is 0.000946. The van der Waals surface area contributed by atoms with E-state index in [1.807, 2.05) is 63.2 Å². The van der Waals surface area contributed by atoms with E-state index in [2.05, 4.69) is 10.6 Å². The summed E-state index contributed by atoms with van der Waals surface area (Å²) in [6.45, 7) is 6.55. The number of benzene rings is 2. The number of aliphatic hydroxyl groups is 1. The number of hydrogen-bond acceptors (Lipinski definition) is 5. The van der Waals surface area contributed by atoms with E-state index in [0.29, 0.717) is 19.4 Å². The van der Waals surface area contributed by atoms with E-state index < -0.39 is 24.1 Å².